The van der Waals surface area contributed by atoms with Gasteiger partial charge in [-0.1, -0.05) is 17.7 Å². The van der Waals surface area contributed by atoms with Crippen LogP contribution in [0.4, 0.5) is 4.39 Å². The molecule has 7 heteroatoms. The van der Waals surface area contributed by atoms with Crippen LogP contribution < -0.4 is 9.47 Å². The van der Waals surface area contributed by atoms with Crippen LogP contribution >= 0.6 is 11.6 Å². The van der Waals surface area contributed by atoms with E-state index in [4.69, 9.17) is 25.8 Å². The second-order valence-corrected chi connectivity index (χ2v) is 5.72. The van der Waals surface area contributed by atoms with Gasteiger partial charge in [0.25, 0.3) is 0 Å². The fourth-order valence-electron chi connectivity index (χ4n) is 2.44. The number of benzene rings is 2. The van der Waals surface area contributed by atoms with Gasteiger partial charge in [-0.15, -0.1) is 0 Å². The Morgan fingerprint density at radius 1 is 1.31 bits per heavy atom. The van der Waals surface area contributed by atoms with Crippen molar-refractivity contribution in [2.24, 2.45) is 4.99 Å². The van der Waals surface area contributed by atoms with Crippen molar-refractivity contribution in [3.8, 4) is 11.5 Å². The molecule has 1 heterocycles. The number of cyclic esters (lactones) is 1. The third kappa shape index (κ3) is 3.70. The summed E-state index contributed by atoms with van der Waals surface area (Å²) in [5, 5.41) is 0.339. The van der Waals surface area contributed by atoms with Crippen LogP contribution in [0, 0.1) is 5.82 Å². The Morgan fingerprint density at radius 3 is 2.81 bits per heavy atom. The standard InChI is InChI=1S/C19H15ClFNO4/c1-3-25-16-9-11(7-14(20)17(16)24-2)8-15-19(23)26-18(22-15)12-5-4-6-13(21)10-12/h4-10H,3H2,1-2H3/b15-8-. The first-order chi connectivity index (χ1) is 12.5. The molecule has 0 saturated heterocycles. The van der Waals surface area contributed by atoms with Gasteiger partial charge in [0.15, 0.2) is 17.2 Å². The first kappa shape index (κ1) is 17.9. The lowest BCUT2D eigenvalue weighted by Crippen LogP contribution is -2.05. The van der Waals surface area contributed by atoms with Crippen molar-refractivity contribution in [1.29, 1.82) is 0 Å². The van der Waals surface area contributed by atoms with E-state index in [0.29, 0.717) is 34.3 Å². The van der Waals surface area contributed by atoms with E-state index in [1.54, 1.807) is 18.2 Å². The van der Waals surface area contributed by atoms with Crippen LogP contribution in [0.15, 0.2) is 47.1 Å². The lowest BCUT2D eigenvalue weighted by atomic mass is 10.1. The molecule has 0 bridgehead atoms. The molecule has 0 aliphatic carbocycles. The Kier molecular flexibility index (Phi) is 5.23. The third-order valence-electron chi connectivity index (χ3n) is 3.53. The predicted octanol–water partition coefficient (Wildman–Crippen LogP) is 4.23. The maximum atomic E-state index is 13.3. The zero-order chi connectivity index (χ0) is 18.7. The number of hydrogen-bond donors (Lipinski definition) is 0. The van der Waals surface area contributed by atoms with Crippen molar-refractivity contribution in [2.45, 2.75) is 6.92 Å². The summed E-state index contributed by atoms with van der Waals surface area (Å²) in [6, 6.07) is 8.97. The van der Waals surface area contributed by atoms with Crippen LogP contribution in [0.5, 0.6) is 11.5 Å². The highest BCUT2D eigenvalue weighted by atomic mass is 35.5. The number of carbonyl (C=O) groups is 1. The van der Waals surface area contributed by atoms with Gasteiger partial charge in [0.05, 0.1) is 18.7 Å². The van der Waals surface area contributed by atoms with Crippen molar-refractivity contribution < 1.29 is 23.4 Å². The summed E-state index contributed by atoms with van der Waals surface area (Å²) < 4.78 is 29.2. The molecule has 3 rings (SSSR count). The minimum atomic E-state index is -0.630. The van der Waals surface area contributed by atoms with Gasteiger partial charge in [-0.3, -0.25) is 0 Å². The number of rotatable bonds is 5. The second kappa shape index (κ2) is 7.58. The molecular weight excluding hydrogens is 361 g/mol. The van der Waals surface area contributed by atoms with Crippen LogP contribution in [0.1, 0.15) is 18.1 Å². The van der Waals surface area contributed by atoms with E-state index >= 15 is 0 Å². The molecular formula is C19H15ClFNO4. The topological polar surface area (TPSA) is 57.1 Å². The Balaban J connectivity index is 1.98. The molecule has 26 heavy (non-hydrogen) atoms. The smallest absolute Gasteiger partial charge is 0.363 e. The van der Waals surface area contributed by atoms with Crippen LogP contribution in [0.25, 0.3) is 6.08 Å². The summed E-state index contributed by atoms with van der Waals surface area (Å²) in [4.78, 5) is 16.2. The van der Waals surface area contributed by atoms with Crippen molar-refractivity contribution in [1.82, 2.24) is 0 Å². The molecule has 0 atom stereocenters. The van der Waals surface area contributed by atoms with Gasteiger partial charge in [0, 0.05) is 5.56 Å². The lowest BCUT2D eigenvalue weighted by molar-refractivity contribution is -0.129. The quantitative estimate of drug-likeness (QED) is 0.579. The SMILES string of the molecule is CCOc1cc(/C=C2\N=C(c3cccc(F)c3)OC2=O)cc(Cl)c1OC. The average Bonchev–Trinajstić information content (AvgIpc) is 2.96. The highest BCUT2D eigenvalue weighted by Crippen LogP contribution is 2.37. The van der Waals surface area contributed by atoms with E-state index in [1.165, 1.54) is 31.4 Å². The molecule has 0 fully saturated rings. The number of hydrogen-bond acceptors (Lipinski definition) is 5. The van der Waals surface area contributed by atoms with Crippen LogP contribution in [-0.2, 0) is 9.53 Å². The molecule has 0 saturated carbocycles. The number of nitrogens with zero attached hydrogens (tertiary/aromatic N) is 1. The van der Waals surface area contributed by atoms with Gasteiger partial charge < -0.3 is 14.2 Å². The van der Waals surface area contributed by atoms with Gasteiger partial charge in [-0.2, -0.15) is 0 Å². The van der Waals surface area contributed by atoms with Gasteiger partial charge in [-0.05, 0) is 48.9 Å². The predicted molar refractivity (Wildman–Crippen MR) is 96.2 cm³/mol. The van der Waals surface area contributed by atoms with Crippen molar-refractivity contribution >= 4 is 29.5 Å². The molecule has 0 unspecified atom stereocenters. The number of halogens is 2. The van der Waals surface area contributed by atoms with E-state index in [-0.39, 0.29) is 11.6 Å². The molecule has 2 aromatic rings. The normalized spacial score (nSPS) is 15.0. The fourth-order valence-corrected chi connectivity index (χ4v) is 2.74. The summed E-state index contributed by atoms with van der Waals surface area (Å²) in [5.74, 6) is -0.162. The Morgan fingerprint density at radius 2 is 2.12 bits per heavy atom. The maximum Gasteiger partial charge on any atom is 0.363 e. The number of carbonyl (C=O) groups excluding carboxylic acids is 1. The molecule has 1 aliphatic heterocycles. The Hall–Kier alpha value is -2.86. The maximum absolute atomic E-state index is 13.3. The van der Waals surface area contributed by atoms with Crippen molar-refractivity contribution in [2.75, 3.05) is 13.7 Å². The lowest BCUT2D eigenvalue weighted by Gasteiger charge is -2.11. The van der Waals surface area contributed by atoms with Gasteiger partial charge >= 0.3 is 5.97 Å². The number of aliphatic imine (C=N–C) groups is 1. The molecule has 1 aliphatic rings. The number of ether oxygens (including phenoxy) is 3. The van der Waals surface area contributed by atoms with Crippen molar-refractivity contribution in [3.63, 3.8) is 0 Å². The van der Waals surface area contributed by atoms with E-state index in [0.717, 1.165) is 0 Å². The first-order valence-electron chi connectivity index (χ1n) is 7.80. The number of methoxy groups -OCH3 is 1. The van der Waals surface area contributed by atoms with E-state index in [9.17, 15) is 9.18 Å². The highest BCUT2D eigenvalue weighted by Gasteiger charge is 2.24. The van der Waals surface area contributed by atoms with E-state index < -0.39 is 11.8 Å². The van der Waals surface area contributed by atoms with Gasteiger partial charge in [0.2, 0.25) is 5.90 Å². The average molecular weight is 376 g/mol. The number of esters is 1. The Labute approximate surface area is 154 Å². The fraction of sp³-hybridized carbons (Fsp3) is 0.158. The monoisotopic (exact) mass is 375 g/mol. The minimum Gasteiger partial charge on any atom is -0.491 e. The van der Waals surface area contributed by atoms with Crippen molar-refractivity contribution in [3.05, 3.63) is 64.1 Å². The molecule has 134 valence electrons. The first-order valence-corrected chi connectivity index (χ1v) is 8.18. The van der Waals surface area contributed by atoms with Crippen LogP contribution in [0.2, 0.25) is 5.02 Å². The molecule has 0 aromatic heterocycles. The summed E-state index contributed by atoms with van der Waals surface area (Å²) >= 11 is 6.21. The molecule has 0 radical (unpaired) electrons. The summed E-state index contributed by atoms with van der Waals surface area (Å²) in [5.41, 5.74) is 1.05. The van der Waals surface area contributed by atoms with E-state index in [1.807, 2.05) is 6.92 Å². The molecule has 0 N–H and O–H groups in total. The zero-order valence-electron chi connectivity index (χ0n) is 14.1. The van der Waals surface area contributed by atoms with Gasteiger partial charge in [-0.25, -0.2) is 14.2 Å². The highest BCUT2D eigenvalue weighted by molar-refractivity contribution is 6.32. The van der Waals surface area contributed by atoms with E-state index in [2.05, 4.69) is 4.99 Å². The minimum absolute atomic E-state index is 0.0467. The second-order valence-electron chi connectivity index (χ2n) is 5.31. The molecule has 2 aromatic carbocycles. The molecule has 0 amide bonds. The van der Waals surface area contributed by atoms with Gasteiger partial charge in [0.1, 0.15) is 5.82 Å². The Bertz CT molecular complexity index is 924. The third-order valence-corrected chi connectivity index (χ3v) is 3.81. The van der Waals surface area contributed by atoms with Crippen LogP contribution in [0.3, 0.4) is 0 Å². The summed E-state index contributed by atoms with van der Waals surface area (Å²) in [7, 11) is 1.49. The molecule has 5 nitrogen and oxygen atoms in total. The molecule has 0 spiro atoms. The zero-order valence-corrected chi connectivity index (χ0v) is 14.8. The van der Waals surface area contributed by atoms with Crippen LogP contribution in [-0.4, -0.2) is 25.6 Å². The largest absolute Gasteiger partial charge is 0.491 e. The summed E-state index contributed by atoms with van der Waals surface area (Å²) in [6.07, 6.45) is 1.52. The summed E-state index contributed by atoms with van der Waals surface area (Å²) in [6.45, 7) is 2.26.